The van der Waals surface area contributed by atoms with Crippen LogP contribution < -0.4 is 0 Å². The molecule has 4 N–H and O–H groups in total. The Morgan fingerprint density at radius 1 is 1.07 bits per heavy atom. The van der Waals surface area contributed by atoms with Crippen molar-refractivity contribution >= 4 is 5.97 Å². The van der Waals surface area contributed by atoms with Crippen LogP contribution in [0.25, 0.3) is 0 Å². The van der Waals surface area contributed by atoms with Crippen molar-refractivity contribution in [2.24, 2.45) is 0 Å². The molecule has 0 aliphatic carbocycles. The zero-order valence-corrected chi connectivity index (χ0v) is 8.56. The first-order valence-corrected chi connectivity index (χ1v) is 4.41. The Morgan fingerprint density at radius 2 is 1.53 bits per heavy atom. The average molecular weight is 222 g/mol. The maximum absolute atomic E-state index is 9.88. The van der Waals surface area contributed by atoms with E-state index >= 15 is 0 Å². The van der Waals surface area contributed by atoms with Crippen LogP contribution in [0.1, 0.15) is 6.42 Å². The van der Waals surface area contributed by atoms with Crippen LogP contribution in [0.3, 0.4) is 0 Å². The van der Waals surface area contributed by atoms with Crippen molar-refractivity contribution in [3.05, 3.63) is 12.2 Å². The predicted octanol–water partition coefficient (Wildman–Crippen LogP) is -1.00. The van der Waals surface area contributed by atoms with Gasteiger partial charge in [0.05, 0.1) is 26.4 Å². The Hall–Kier alpha value is -0.950. The molecule has 15 heavy (non-hydrogen) atoms. The van der Waals surface area contributed by atoms with E-state index in [0.29, 0.717) is 13.2 Å². The number of carboxylic acids is 1. The number of hydrogen-bond donors (Lipinski definition) is 4. The third-order valence-corrected chi connectivity index (χ3v) is 1.19. The first-order chi connectivity index (χ1) is 7.09. The molecule has 0 bridgehead atoms. The van der Waals surface area contributed by atoms with Crippen LogP contribution in [-0.2, 0) is 9.53 Å². The molecule has 90 valence electrons. The van der Waals surface area contributed by atoms with Crippen LogP contribution in [0.15, 0.2) is 12.2 Å². The van der Waals surface area contributed by atoms with Gasteiger partial charge in [0.2, 0.25) is 0 Å². The minimum atomic E-state index is -1.04. The summed E-state index contributed by atoms with van der Waals surface area (Å²) in [4.78, 5) is 9.88. The second kappa shape index (κ2) is 13.1. The summed E-state index contributed by atoms with van der Waals surface area (Å²) < 4.78 is 4.63. The molecule has 0 saturated carbocycles. The van der Waals surface area contributed by atoms with Crippen LogP contribution in [0.5, 0.6) is 0 Å². The smallest absolute Gasteiger partial charge is 0.331 e. The lowest BCUT2D eigenvalue weighted by Crippen LogP contribution is -2.03. The standard InChI is InChI=1S/C5H8O3.C4H10O3/c1-4(2-3-6)5(7)8;5-1-3-7-4-2-6/h6H,1-3H2,(H,7,8);5-6H,1-4H2. The van der Waals surface area contributed by atoms with Gasteiger partial charge in [0.15, 0.2) is 0 Å². The van der Waals surface area contributed by atoms with Gasteiger partial charge in [0.25, 0.3) is 0 Å². The Bertz CT molecular complexity index is 164. The topological polar surface area (TPSA) is 107 Å². The molecular formula is C9H18O6. The minimum Gasteiger partial charge on any atom is -0.478 e. The molecule has 0 rings (SSSR count). The number of aliphatic carboxylic acids is 1. The number of hydrogen-bond acceptors (Lipinski definition) is 5. The van der Waals surface area contributed by atoms with Crippen LogP contribution in [0, 0.1) is 0 Å². The van der Waals surface area contributed by atoms with E-state index in [1.165, 1.54) is 0 Å². The zero-order valence-electron chi connectivity index (χ0n) is 8.56. The Kier molecular flexibility index (Phi) is 14.3. The van der Waals surface area contributed by atoms with Gasteiger partial charge in [-0.1, -0.05) is 6.58 Å². The highest BCUT2D eigenvalue weighted by molar-refractivity contribution is 5.85. The maximum atomic E-state index is 9.88. The van der Waals surface area contributed by atoms with Crippen LogP contribution in [-0.4, -0.2) is 59.4 Å². The second-order valence-corrected chi connectivity index (χ2v) is 2.44. The van der Waals surface area contributed by atoms with E-state index in [4.69, 9.17) is 20.4 Å². The van der Waals surface area contributed by atoms with Gasteiger partial charge in [0.1, 0.15) is 0 Å². The fourth-order valence-corrected chi connectivity index (χ4v) is 0.473. The van der Waals surface area contributed by atoms with Gasteiger partial charge >= 0.3 is 5.97 Å². The molecule has 6 heteroatoms. The van der Waals surface area contributed by atoms with Gasteiger partial charge < -0.3 is 25.2 Å². The van der Waals surface area contributed by atoms with E-state index in [0.717, 1.165) is 0 Å². The molecule has 0 spiro atoms. The summed E-state index contributed by atoms with van der Waals surface area (Å²) in [5, 5.41) is 32.4. The number of aliphatic hydroxyl groups excluding tert-OH is 3. The summed E-state index contributed by atoms with van der Waals surface area (Å²) in [5.41, 5.74) is 0.0486. The van der Waals surface area contributed by atoms with E-state index in [-0.39, 0.29) is 31.8 Å². The summed E-state index contributed by atoms with van der Waals surface area (Å²) in [6.45, 7) is 3.73. The molecule has 0 aliphatic rings. The molecule has 6 nitrogen and oxygen atoms in total. The lowest BCUT2D eigenvalue weighted by atomic mass is 10.2. The highest BCUT2D eigenvalue weighted by Gasteiger charge is 1.99. The normalized spacial score (nSPS) is 9.00. The van der Waals surface area contributed by atoms with E-state index in [2.05, 4.69) is 11.3 Å². The lowest BCUT2D eigenvalue weighted by molar-refractivity contribution is -0.132. The quantitative estimate of drug-likeness (QED) is 0.325. The van der Waals surface area contributed by atoms with Crippen molar-refractivity contribution in [3.63, 3.8) is 0 Å². The molecular weight excluding hydrogens is 204 g/mol. The Labute approximate surface area is 88.4 Å². The number of carbonyl (C=O) groups is 1. The van der Waals surface area contributed by atoms with Crippen molar-refractivity contribution in [1.29, 1.82) is 0 Å². The summed E-state index contributed by atoms with van der Waals surface area (Å²) in [6.07, 6.45) is 0.148. The van der Waals surface area contributed by atoms with Gasteiger partial charge in [-0.25, -0.2) is 4.79 Å². The molecule has 0 aromatic rings. The van der Waals surface area contributed by atoms with Crippen molar-refractivity contribution in [3.8, 4) is 0 Å². The molecule has 0 aromatic carbocycles. The highest BCUT2D eigenvalue weighted by Crippen LogP contribution is 1.94. The Morgan fingerprint density at radius 3 is 1.73 bits per heavy atom. The van der Waals surface area contributed by atoms with Crippen LogP contribution >= 0.6 is 0 Å². The van der Waals surface area contributed by atoms with Gasteiger partial charge in [0, 0.05) is 18.6 Å². The highest BCUT2D eigenvalue weighted by atomic mass is 16.5. The molecule has 0 fully saturated rings. The van der Waals surface area contributed by atoms with E-state index < -0.39 is 5.97 Å². The number of aliphatic hydroxyl groups is 3. The van der Waals surface area contributed by atoms with Gasteiger partial charge in [-0.05, 0) is 0 Å². The predicted molar refractivity (Wildman–Crippen MR) is 53.5 cm³/mol. The van der Waals surface area contributed by atoms with Crippen molar-refractivity contribution < 1.29 is 30.0 Å². The molecule has 0 heterocycles. The fraction of sp³-hybridized carbons (Fsp3) is 0.667. The minimum absolute atomic E-state index is 0.0278. The zero-order chi connectivity index (χ0) is 12.1. The summed E-state index contributed by atoms with van der Waals surface area (Å²) in [7, 11) is 0. The monoisotopic (exact) mass is 222 g/mol. The van der Waals surface area contributed by atoms with E-state index in [1.807, 2.05) is 0 Å². The van der Waals surface area contributed by atoms with Crippen molar-refractivity contribution in [2.45, 2.75) is 6.42 Å². The van der Waals surface area contributed by atoms with Gasteiger partial charge in [-0.15, -0.1) is 0 Å². The third-order valence-electron chi connectivity index (χ3n) is 1.19. The third kappa shape index (κ3) is 15.8. The molecule has 0 amide bonds. The molecule has 0 atom stereocenters. The van der Waals surface area contributed by atoms with Crippen LogP contribution in [0.2, 0.25) is 0 Å². The molecule has 0 aliphatic heterocycles. The number of rotatable bonds is 7. The number of carboxylic acid groups (broad SMARTS) is 1. The van der Waals surface area contributed by atoms with E-state index in [1.54, 1.807) is 0 Å². The summed E-state index contributed by atoms with van der Waals surface area (Å²) in [5.74, 6) is -1.04. The van der Waals surface area contributed by atoms with Crippen molar-refractivity contribution in [2.75, 3.05) is 33.0 Å². The fourth-order valence-electron chi connectivity index (χ4n) is 0.473. The van der Waals surface area contributed by atoms with Gasteiger partial charge in [-0.3, -0.25) is 0 Å². The first kappa shape index (κ1) is 16.5. The number of ether oxygens (including phenoxy) is 1. The second-order valence-electron chi connectivity index (χ2n) is 2.44. The lowest BCUT2D eigenvalue weighted by Gasteiger charge is -1.94. The SMILES string of the molecule is C=C(CCO)C(=O)O.OCCOCCO. The Balaban J connectivity index is 0. The molecule has 0 radical (unpaired) electrons. The van der Waals surface area contributed by atoms with Crippen LogP contribution in [0.4, 0.5) is 0 Å². The average Bonchev–Trinajstić information content (AvgIpc) is 2.20. The summed E-state index contributed by atoms with van der Waals surface area (Å²) in [6, 6.07) is 0. The van der Waals surface area contributed by atoms with Crippen molar-refractivity contribution in [1.82, 2.24) is 0 Å². The summed E-state index contributed by atoms with van der Waals surface area (Å²) >= 11 is 0. The largest absolute Gasteiger partial charge is 0.478 e. The molecule has 0 aromatic heterocycles. The van der Waals surface area contributed by atoms with E-state index in [9.17, 15) is 4.79 Å². The van der Waals surface area contributed by atoms with Gasteiger partial charge in [-0.2, -0.15) is 0 Å². The molecule has 0 saturated heterocycles. The molecule has 0 unspecified atom stereocenters. The maximum Gasteiger partial charge on any atom is 0.331 e. The first-order valence-electron chi connectivity index (χ1n) is 4.41.